The highest BCUT2D eigenvalue weighted by Gasteiger charge is 2.12. The third-order valence-electron chi connectivity index (χ3n) is 4.38. The average Bonchev–Trinajstić information content (AvgIpc) is 2.40. The zero-order valence-corrected chi connectivity index (χ0v) is 14.4. The minimum absolute atomic E-state index is 1.34. The van der Waals surface area contributed by atoms with Gasteiger partial charge >= 0.3 is 0 Å². The van der Waals surface area contributed by atoms with Gasteiger partial charge in [-0.25, -0.2) is 0 Å². The van der Waals surface area contributed by atoms with E-state index < -0.39 is 0 Å². The van der Waals surface area contributed by atoms with Gasteiger partial charge in [-0.2, -0.15) is 0 Å². The molecule has 0 N–H and O–H groups in total. The van der Waals surface area contributed by atoms with E-state index in [-0.39, 0.29) is 0 Å². The van der Waals surface area contributed by atoms with Crippen molar-refractivity contribution in [2.24, 2.45) is 0 Å². The fourth-order valence-electron chi connectivity index (χ4n) is 3.27. The Hall–Kier alpha value is -1.82. The van der Waals surface area contributed by atoms with E-state index in [2.05, 4.69) is 78.8 Å². The van der Waals surface area contributed by atoms with Crippen LogP contribution in [-0.4, -0.2) is 0 Å². The van der Waals surface area contributed by atoms with E-state index in [1.54, 1.807) is 0 Å². The van der Waals surface area contributed by atoms with Crippen LogP contribution in [0.3, 0.4) is 0 Å². The fraction of sp³-hybridized carbons (Fsp3) is 0.333. The molecule has 0 amide bonds. The van der Waals surface area contributed by atoms with E-state index in [1.807, 2.05) is 0 Å². The van der Waals surface area contributed by atoms with Crippen LogP contribution >= 0.6 is 0 Å². The number of aryl methyl sites for hydroxylation is 5. The Bertz CT molecular complexity index is 692. The molecule has 0 unspecified atom stereocenters. The zero-order chi connectivity index (χ0) is 15.7. The topological polar surface area (TPSA) is 0 Å². The van der Waals surface area contributed by atoms with Gasteiger partial charge < -0.3 is 0 Å². The smallest absolute Gasteiger partial charge is 0.0122 e. The number of benzene rings is 2. The summed E-state index contributed by atoms with van der Waals surface area (Å²) in [5.41, 5.74) is 12.2. The monoisotopic (exact) mass is 278 g/mol. The molecular weight excluding hydrogens is 252 g/mol. The molecule has 0 aliphatic carbocycles. The van der Waals surface area contributed by atoms with Crippen molar-refractivity contribution >= 4 is 5.57 Å². The quantitative estimate of drug-likeness (QED) is 0.603. The summed E-state index contributed by atoms with van der Waals surface area (Å²) in [5.74, 6) is 0. The van der Waals surface area contributed by atoms with Crippen molar-refractivity contribution < 1.29 is 0 Å². The normalized spacial score (nSPS) is 11.9. The minimum atomic E-state index is 1.34. The second kappa shape index (κ2) is 5.89. The van der Waals surface area contributed by atoms with Gasteiger partial charge in [0.15, 0.2) is 0 Å². The molecule has 2 aromatic rings. The van der Waals surface area contributed by atoms with Crippen LogP contribution in [0.5, 0.6) is 0 Å². The highest BCUT2D eigenvalue weighted by atomic mass is 14.2. The first kappa shape index (κ1) is 15.6. The summed E-state index contributed by atoms with van der Waals surface area (Å²) in [6.07, 6.45) is 2.18. The molecule has 0 bridgehead atoms. The molecule has 0 aliphatic rings. The van der Waals surface area contributed by atoms with E-state index >= 15 is 0 Å². The third-order valence-corrected chi connectivity index (χ3v) is 4.38. The first-order valence-corrected chi connectivity index (χ1v) is 7.68. The summed E-state index contributed by atoms with van der Waals surface area (Å²) in [7, 11) is 0. The first-order valence-electron chi connectivity index (χ1n) is 7.68. The maximum Gasteiger partial charge on any atom is -0.0122 e. The molecule has 0 saturated carbocycles. The standard InChI is InChI=1S/C21H26/c1-8-14(3)19-11-16(5)20(12-15(19)4)21-17(6)9-13(2)10-18(21)7/h8-12H,1-7H3/b14-8-. The summed E-state index contributed by atoms with van der Waals surface area (Å²) < 4.78 is 0. The van der Waals surface area contributed by atoms with E-state index in [0.717, 1.165) is 0 Å². The lowest BCUT2D eigenvalue weighted by Gasteiger charge is -2.17. The molecular formula is C21H26. The number of rotatable bonds is 2. The van der Waals surface area contributed by atoms with Crippen molar-refractivity contribution in [2.45, 2.75) is 48.5 Å². The number of hydrogen-bond donors (Lipinski definition) is 0. The maximum atomic E-state index is 2.35. The molecule has 2 rings (SSSR count). The Kier molecular flexibility index (Phi) is 4.37. The molecule has 2 aromatic carbocycles. The van der Waals surface area contributed by atoms with Gasteiger partial charge in [-0.3, -0.25) is 0 Å². The van der Waals surface area contributed by atoms with Gasteiger partial charge in [0.25, 0.3) is 0 Å². The second-order valence-electron chi connectivity index (χ2n) is 6.23. The molecule has 0 nitrogen and oxygen atoms in total. The van der Waals surface area contributed by atoms with Crippen LogP contribution in [0, 0.1) is 34.6 Å². The lowest BCUT2D eigenvalue weighted by atomic mass is 9.87. The van der Waals surface area contributed by atoms with Gasteiger partial charge in [-0.15, -0.1) is 0 Å². The van der Waals surface area contributed by atoms with Gasteiger partial charge in [0, 0.05) is 0 Å². The van der Waals surface area contributed by atoms with Crippen LogP contribution in [0.15, 0.2) is 30.3 Å². The van der Waals surface area contributed by atoms with Crippen molar-refractivity contribution in [1.29, 1.82) is 0 Å². The maximum absolute atomic E-state index is 2.35. The zero-order valence-electron chi connectivity index (χ0n) is 14.4. The van der Waals surface area contributed by atoms with Gasteiger partial charge in [-0.1, -0.05) is 35.9 Å². The highest BCUT2D eigenvalue weighted by molar-refractivity contribution is 5.78. The Morgan fingerprint density at radius 2 is 1.33 bits per heavy atom. The largest absolute Gasteiger partial charge is 0.0841 e. The first-order chi connectivity index (χ1) is 9.85. The summed E-state index contributed by atoms with van der Waals surface area (Å²) in [6, 6.07) is 9.24. The molecule has 0 atom stereocenters. The highest BCUT2D eigenvalue weighted by Crippen LogP contribution is 2.34. The Morgan fingerprint density at radius 3 is 1.86 bits per heavy atom. The molecule has 0 aromatic heterocycles. The van der Waals surface area contributed by atoms with Crippen molar-refractivity contribution in [3.05, 3.63) is 63.7 Å². The Morgan fingerprint density at radius 1 is 0.762 bits per heavy atom. The van der Waals surface area contributed by atoms with Crippen LogP contribution in [0.25, 0.3) is 16.7 Å². The molecule has 0 radical (unpaired) electrons. The predicted molar refractivity (Wildman–Crippen MR) is 94.9 cm³/mol. The van der Waals surface area contributed by atoms with E-state index in [0.29, 0.717) is 0 Å². The number of allylic oxidation sites excluding steroid dienone is 2. The Balaban J connectivity index is 2.70. The van der Waals surface area contributed by atoms with Crippen LogP contribution in [-0.2, 0) is 0 Å². The Labute approximate surface area is 129 Å². The molecule has 0 heteroatoms. The third kappa shape index (κ3) is 2.95. The van der Waals surface area contributed by atoms with Gasteiger partial charge in [0.2, 0.25) is 0 Å². The molecule has 0 aliphatic heterocycles. The van der Waals surface area contributed by atoms with Gasteiger partial charge in [0.1, 0.15) is 0 Å². The fourth-order valence-corrected chi connectivity index (χ4v) is 3.27. The van der Waals surface area contributed by atoms with E-state index in [1.165, 1.54) is 50.1 Å². The average molecular weight is 278 g/mol. The van der Waals surface area contributed by atoms with Crippen LogP contribution in [0.4, 0.5) is 0 Å². The second-order valence-corrected chi connectivity index (χ2v) is 6.23. The molecule has 0 heterocycles. The lowest BCUT2D eigenvalue weighted by Crippen LogP contribution is -1.96. The minimum Gasteiger partial charge on any atom is -0.0841 e. The SMILES string of the molecule is C/C=C(/C)c1cc(C)c(-c2c(C)cc(C)cc2C)cc1C. The van der Waals surface area contributed by atoms with Crippen LogP contribution in [0.1, 0.15) is 47.2 Å². The molecule has 110 valence electrons. The van der Waals surface area contributed by atoms with Crippen molar-refractivity contribution in [2.75, 3.05) is 0 Å². The summed E-state index contributed by atoms with van der Waals surface area (Å²) >= 11 is 0. The van der Waals surface area contributed by atoms with Crippen molar-refractivity contribution in [3.63, 3.8) is 0 Å². The molecule has 21 heavy (non-hydrogen) atoms. The van der Waals surface area contributed by atoms with Crippen molar-refractivity contribution in [1.82, 2.24) is 0 Å². The summed E-state index contributed by atoms with van der Waals surface area (Å²) in [6.45, 7) is 15.3. The van der Waals surface area contributed by atoms with Crippen LogP contribution in [0.2, 0.25) is 0 Å². The van der Waals surface area contributed by atoms with Gasteiger partial charge in [0.05, 0.1) is 0 Å². The van der Waals surface area contributed by atoms with E-state index in [9.17, 15) is 0 Å². The van der Waals surface area contributed by atoms with E-state index in [4.69, 9.17) is 0 Å². The lowest BCUT2D eigenvalue weighted by molar-refractivity contribution is 1.29. The molecule has 0 fully saturated rings. The van der Waals surface area contributed by atoms with Gasteiger partial charge in [-0.05, 0) is 93.0 Å². The predicted octanol–water partition coefficient (Wildman–Crippen LogP) is 6.32. The number of hydrogen-bond acceptors (Lipinski definition) is 0. The van der Waals surface area contributed by atoms with Crippen LogP contribution < -0.4 is 0 Å². The molecule has 0 spiro atoms. The van der Waals surface area contributed by atoms with Crippen molar-refractivity contribution in [3.8, 4) is 11.1 Å². The summed E-state index contributed by atoms with van der Waals surface area (Å²) in [4.78, 5) is 0. The summed E-state index contributed by atoms with van der Waals surface area (Å²) in [5, 5.41) is 0. The molecule has 0 saturated heterocycles.